The molecule has 4 amide bonds. The van der Waals surface area contributed by atoms with Crippen LogP contribution in [0, 0.1) is 6.92 Å². The van der Waals surface area contributed by atoms with Crippen molar-refractivity contribution in [2.45, 2.75) is 19.9 Å². The lowest BCUT2D eigenvalue weighted by molar-refractivity contribution is -0.125. The number of anilines is 1. The first kappa shape index (κ1) is 23.4. The number of aromatic nitrogens is 1. The summed E-state index contributed by atoms with van der Waals surface area (Å²) in [4.78, 5) is 43.5. The van der Waals surface area contributed by atoms with Crippen molar-refractivity contribution in [1.29, 1.82) is 0 Å². The van der Waals surface area contributed by atoms with Crippen molar-refractivity contribution in [3.8, 4) is 21.0 Å². The van der Waals surface area contributed by atoms with E-state index >= 15 is 0 Å². The van der Waals surface area contributed by atoms with E-state index in [0.717, 1.165) is 32.3 Å². The van der Waals surface area contributed by atoms with Crippen LogP contribution >= 0.6 is 11.3 Å². The fourth-order valence-electron chi connectivity index (χ4n) is 3.95. The third-order valence-electron chi connectivity index (χ3n) is 5.88. The van der Waals surface area contributed by atoms with Gasteiger partial charge in [-0.25, -0.2) is 9.78 Å². The summed E-state index contributed by atoms with van der Waals surface area (Å²) >= 11 is 1.58. The molecular formula is C28H24N4O3S. The number of hydrogen-bond donors (Lipinski definition) is 2. The Kier molecular flexibility index (Phi) is 6.60. The predicted molar refractivity (Wildman–Crippen MR) is 140 cm³/mol. The highest BCUT2D eigenvalue weighted by Gasteiger charge is 2.28. The van der Waals surface area contributed by atoms with Crippen LogP contribution in [0.1, 0.15) is 16.8 Å². The van der Waals surface area contributed by atoms with Crippen LogP contribution in [-0.4, -0.2) is 34.3 Å². The molecule has 1 fully saturated rings. The maximum Gasteiger partial charge on any atom is 0.324 e. The normalized spacial score (nSPS) is 13.1. The van der Waals surface area contributed by atoms with E-state index < -0.39 is 0 Å². The molecule has 5 rings (SSSR count). The summed E-state index contributed by atoms with van der Waals surface area (Å²) in [7, 11) is 0. The van der Waals surface area contributed by atoms with Crippen LogP contribution < -0.4 is 10.6 Å². The minimum atomic E-state index is -0.389. The van der Waals surface area contributed by atoms with Crippen LogP contribution in [0.2, 0.25) is 0 Å². The zero-order valence-corrected chi connectivity index (χ0v) is 20.5. The van der Waals surface area contributed by atoms with Gasteiger partial charge in [0.15, 0.2) is 0 Å². The van der Waals surface area contributed by atoms with Crippen LogP contribution in [0.25, 0.3) is 21.0 Å². The van der Waals surface area contributed by atoms with Gasteiger partial charge in [0.1, 0.15) is 5.01 Å². The topological polar surface area (TPSA) is 91.4 Å². The Labute approximate surface area is 212 Å². The van der Waals surface area contributed by atoms with Crippen molar-refractivity contribution < 1.29 is 14.4 Å². The monoisotopic (exact) mass is 496 g/mol. The zero-order chi connectivity index (χ0) is 25.1. The molecule has 0 unspecified atom stereocenters. The quantitative estimate of drug-likeness (QED) is 0.352. The number of aryl methyl sites for hydroxylation is 1. The minimum Gasteiger partial charge on any atom is -0.329 e. The van der Waals surface area contributed by atoms with Crippen molar-refractivity contribution >= 4 is 34.9 Å². The molecule has 180 valence electrons. The number of hydrogen-bond acceptors (Lipinski definition) is 5. The second-order valence-electron chi connectivity index (χ2n) is 8.59. The molecule has 0 spiro atoms. The second-order valence-corrected chi connectivity index (χ2v) is 9.59. The first-order valence-corrected chi connectivity index (χ1v) is 12.4. The summed E-state index contributed by atoms with van der Waals surface area (Å²) in [5.41, 5.74) is 5.39. The van der Waals surface area contributed by atoms with Crippen molar-refractivity contribution in [3.63, 3.8) is 0 Å². The number of rotatable bonds is 7. The Morgan fingerprint density at radius 1 is 0.972 bits per heavy atom. The van der Waals surface area contributed by atoms with Gasteiger partial charge >= 0.3 is 6.03 Å². The van der Waals surface area contributed by atoms with Crippen LogP contribution in [0.15, 0.2) is 78.9 Å². The fraction of sp³-hybridized carbons (Fsp3) is 0.143. The summed E-state index contributed by atoms with van der Waals surface area (Å²) in [6.07, 6.45) is 0.136. The molecule has 2 N–H and O–H groups in total. The van der Waals surface area contributed by atoms with Gasteiger partial charge in [-0.3, -0.25) is 14.5 Å². The maximum absolute atomic E-state index is 13.0. The fourth-order valence-corrected chi connectivity index (χ4v) is 5.05. The molecule has 1 aromatic heterocycles. The van der Waals surface area contributed by atoms with Gasteiger partial charge in [0, 0.05) is 11.3 Å². The summed E-state index contributed by atoms with van der Waals surface area (Å²) in [5, 5.41) is 6.31. The maximum atomic E-state index is 13.0. The number of imide groups is 1. The lowest BCUT2D eigenvalue weighted by Gasteiger charge is -2.13. The summed E-state index contributed by atoms with van der Waals surface area (Å²) in [6.45, 7) is 2.27. The van der Waals surface area contributed by atoms with E-state index in [1.54, 1.807) is 35.6 Å². The van der Waals surface area contributed by atoms with Crippen molar-refractivity contribution in [2.75, 3.05) is 11.9 Å². The van der Waals surface area contributed by atoms with Crippen LogP contribution in [0.5, 0.6) is 0 Å². The summed E-state index contributed by atoms with van der Waals surface area (Å²) in [5.74, 6) is -0.421. The molecule has 0 saturated carbocycles. The largest absolute Gasteiger partial charge is 0.329 e. The van der Waals surface area contributed by atoms with Gasteiger partial charge in [-0.05, 0) is 30.2 Å². The Hall–Kier alpha value is -4.30. The Bertz CT molecular complexity index is 1400. The first-order valence-electron chi connectivity index (χ1n) is 11.6. The first-order chi connectivity index (χ1) is 17.5. The van der Waals surface area contributed by atoms with Gasteiger partial charge in [-0.1, -0.05) is 72.3 Å². The summed E-state index contributed by atoms with van der Waals surface area (Å²) in [6, 6.07) is 24.9. The van der Waals surface area contributed by atoms with Crippen LogP contribution in [0.4, 0.5) is 10.5 Å². The van der Waals surface area contributed by atoms with Crippen molar-refractivity contribution in [1.82, 2.24) is 15.2 Å². The van der Waals surface area contributed by atoms with E-state index in [0.29, 0.717) is 5.69 Å². The third kappa shape index (κ3) is 5.18. The van der Waals surface area contributed by atoms with E-state index in [-0.39, 0.29) is 37.4 Å². The molecule has 3 aromatic carbocycles. The SMILES string of the molecule is Cc1ccc(-c2sc(-c3ccccc3)nc2CC(=O)Nc2ccc(CN3C(=O)CNC3=O)cc2)cc1. The van der Waals surface area contributed by atoms with E-state index in [1.165, 1.54) is 10.5 Å². The molecule has 7 nitrogen and oxygen atoms in total. The molecule has 4 aromatic rings. The van der Waals surface area contributed by atoms with E-state index in [4.69, 9.17) is 4.98 Å². The Morgan fingerprint density at radius 3 is 2.36 bits per heavy atom. The molecule has 0 aliphatic carbocycles. The highest BCUT2D eigenvalue weighted by molar-refractivity contribution is 7.18. The second kappa shape index (κ2) is 10.1. The van der Waals surface area contributed by atoms with Gasteiger partial charge in [-0.15, -0.1) is 11.3 Å². The molecule has 1 aliphatic heterocycles. The van der Waals surface area contributed by atoms with Crippen molar-refractivity contribution in [2.24, 2.45) is 0 Å². The number of carbonyl (C=O) groups excluding carboxylic acids is 3. The number of amides is 4. The van der Waals surface area contributed by atoms with Gasteiger partial charge in [0.25, 0.3) is 0 Å². The highest BCUT2D eigenvalue weighted by Crippen LogP contribution is 2.36. The van der Waals surface area contributed by atoms with E-state index in [9.17, 15) is 14.4 Å². The van der Waals surface area contributed by atoms with E-state index in [1.807, 2.05) is 37.3 Å². The molecule has 2 heterocycles. The molecule has 0 radical (unpaired) electrons. The van der Waals surface area contributed by atoms with Crippen molar-refractivity contribution in [3.05, 3.63) is 95.7 Å². The van der Waals surface area contributed by atoms with Crippen LogP contribution in [0.3, 0.4) is 0 Å². The molecule has 0 atom stereocenters. The molecule has 0 bridgehead atoms. The average Bonchev–Trinajstić information content (AvgIpc) is 3.44. The highest BCUT2D eigenvalue weighted by atomic mass is 32.1. The van der Waals surface area contributed by atoms with Gasteiger partial charge < -0.3 is 10.6 Å². The molecule has 1 aliphatic rings. The molecular weight excluding hydrogens is 472 g/mol. The third-order valence-corrected chi connectivity index (χ3v) is 7.07. The Balaban J connectivity index is 1.32. The average molecular weight is 497 g/mol. The summed E-state index contributed by atoms with van der Waals surface area (Å²) < 4.78 is 0. The molecule has 36 heavy (non-hydrogen) atoms. The lowest BCUT2D eigenvalue weighted by Crippen LogP contribution is -2.30. The lowest BCUT2D eigenvalue weighted by atomic mass is 10.1. The molecule has 1 saturated heterocycles. The number of thiazole rings is 1. The molecule has 8 heteroatoms. The van der Waals surface area contributed by atoms with Gasteiger partial charge in [0.2, 0.25) is 11.8 Å². The smallest absolute Gasteiger partial charge is 0.324 e. The standard InChI is InChI=1S/C28H24N4O3S/c1-18-7-11-20(12-8-18)26-23(31-27(36-26)21-5-3-2-4-6-21)15-24(33)30-22-13-9-19(10-14-22)17-32-25(34)16-29-28(32)35/h2-14H,15-17H2,1H3,(H,29,35)(H,30,33). The van der Waals surface area contributed by atoms with Crippen LogP contribution in [-0.2, 0) is 22.6 Å². The zero-order valence-electron chi connectivity index (χ0n) is 19.7. The predicted octanol–water partition coefficient (Wildman–Crippen LogP) is 5.02. The van der Waals surface area contributed by atoms with E-state index in [2.05, 4.69) is 34.9 Å². The number of urea groups is 1. The Morgan fingerprint density at radius 2 is 1.69 bits per heavy atom. The van der Waals surface area contributed by atoms with Gasteiger partial charge in [-0.2, -0.15) is 0 Å². The van der Waals surface area contributed by atoms with Gasteiger partial charge in [0.05, 0.1) is 30.1 Å². The number of nitrogens with one attached hydrogen (secondary N) is 2. The minimum absolute atomic E-state index is 0.0279. The number of nitrogens with zero attached hydrogens (tertiary/aromatic N) is 2. The number of carbonyl (C=O) groups is 3. The number of benzene rings is 3.